The van der Waals surface area contributed by atoms with Gasteiger partial charge in [0.2, 0.25) is 0 Å². The number of ether oxygens (including phenoxy) is 1. The number of urea groups is 1. The van der Waals surface area contributed by atoms with Crippen molar-refractivity contribution in [1.29, 1.82) is 0 Å². The molecule has 0 aliphatic carbocycles. The topological polar surface area (TPSA) is 63.2 Å². The largest absolute Gasteiger partial charge is 0.497 e. The van der Waals surface area contributed by atoms with Gasteiger partial charge in [-0.15, -0.1) is 0 Å². The highest BCUT2D eigenvalue weighted by Crippen LogP contribution is 2.21. The second-order valence-corrected chi connectivity index (χ2v) is 5.73. The number of aryl methyl sites for hydroxylation is 1. The van der Waals surface area contributed by atoms with Crippen LogP contribution in [0.4, 0.5) is 10.5 Å². The third kappa shape index (κ3) is 4.47. The van der Waals surface area contributed by atoms with E-state index in [9.17, 15) is 4.79 Å². The molecule has 2 N–H and O–H groups in total. The minimum atomic E-state index is -0.195. The first kappa shape index (κ1) is 16.8. The normalized spacial score (nSPS) is 10.4. The molecule has 5 heteroatoms. The Hall–Kier alpha value is -3.08. The number of methoxy groups -OCH3 is 1. The second kappa shape index (κ2) is 8.15. The van der Waals surface area contributed by atoms with Gasteiger partial charge in [0.1, 0.15) is 5.75 Å². The summed E-state index contributed by atoms with van der Waals surface area (Å²) in [6.07, 6.45) is 5.29. The molecule has 3 aromatic rings. The van der Waals surface area contributed by atoms with Crippen molar-refractivity contribution >= 4 is 22.5 Å². The van der Waals surface area contributed by atoms with E-state index in [0.29, 0.717) is 6.54 Å². The molecule has 2 aromatic carbocycles. The molecule has 1 aromatic heterocycles. The molecule has 2 amide bonds. The number of nitrogens with one attached hydrogen (secondary N) is 2. The molecule has 5 nitrogen and oxygen atoms in total. The van der Waals surface area contributed by atoms with Gasteiger partial charge in [-0.05, 0) is 42.7 Å². The van der Waals surface area contributed by atoms with Gasteiger partial charge in [-0.1, -0.05) is 24.3 Å². The van der Waals surface area contributed by atoms with E-state index in [-0.39, 0.29) is 6.03 Å². The van der Waals surface area contributed by atoms with Crippen LogP contribution in [0.3, 0.4) is 0 Å². The number of benzene rings is 2. The maximum atomic E-state index is 12.1. The van der Waals surface area contributed by atoms with Crippen LogP contribution in [0, 0.1) is 0 Å². The lowest BCUT2D eigenvalue weighted by molar-refractivity contribution is 0.252. The number of rotatable bonds is 6. The zero-order chi connectivity index (χ0) is 17.5. The summed E-state index contributed by atoms with van der Waals surface area (Å²) in [6.45, 7) is 0.615. The van der Waals surface area contributed by atoms with E-state index in [2.05, 4.69) is 15.6 Å². The van der Waals surface area contributed by atoms with Crippen LogP contribution >= 0.6 is 0 Å². The summed E-state index contributed by atoms with van der Waals surface area (Å²) in [7, 11) is 1.66. The van der Waals surface area contributed by atoms with Gasteiger partial charge < -0.3 is 15.4 Å². The highest BCUT2D eigenvalue weighted by molar-refractivity contribution is 6.01. The molecule has 0 atom stereocenters. The molecule has 0 saturated carbocycles. The van der Waals surface area contributed by atoms with Gasteiger partial charge in [0, 0.05) is 29.7 Å². The van der Waals surface area contributed by atoms with E-state index >= 15 is 0 Å². The SMILES string of the molecule is COc1ccc(CCCNC(=O)Nc2cccc3cnccc23)cc1. The van der Waals surface area contributed by atoms with E-state index in [1.165, 1.54) is 5.56 Å². The summed E-state index contributed by atoms with van der Waals surface area (Å²) in [5.41, 5.74) is 2.01. The number of hydrogen-bond donors (Lipinski definition) is 2. The zero-order valence-corrected chi connectivity index (χ0v) is 14.2. The van der Waals surface area contributed by atoms with E-state index in [0.717, 1.165) is 35.1 Å². The van der Waals surface area contributed by atoms with E-state index in [1.807, 2.05) is 48.5 Å². The number of fused-ring (bicyclic) bond motifs is 1. The zero-order valence-electron chi connectivity index (χ0n) is 14.2. The Kier molecular flexibility index (Phi) is 5.46. The lowest BCUT2D eigenvalue weighted by Gasteiger charge is -2.10. The highest BCUT2D eigenvalue weighted by atomic mass is 16.5. The maximum Gasteiger partial charge on any atom is 0.319 e. The Morgan fingerprint density at radius 3 is 2.76 bits per heavy atom. The molecule has 25 heavy (non-hydrogen) atoms. The molecule has 0 aliphatic heterocycles. The van der Waals surface area contributed by atoms with Gasteiger partial charge in [-0.2, -0.15) is 0 Å². The average Bonchev–Trinajstić information content (AvgIpc) is 2.66. The van der Waals surface area contributed by atoms with Gasteiger partial charge in [0.05, 0.1) is 12.8 Å². The Morgan fingerprint density at radius 1 is 1.12 bits per heavy atom. The standard InChI is InChI=1S/C20H21N3O2/c1-25-17-9-7-15(8-10-17)4-3-12-22-20(24)23-19-6-2-5-16-14-21-13-11-18(16)19/h2,5-11,13-14H,3-4,12H2,1H3,(H2,22,23,24). The summed E-state index contributed by atoms with van der Waals surface area (Å²) >= 11 is 0. The highest BCUT2D eigenvalue weighted by Gasteiger charge is 2.05. The van der Waals surface area contributed by atoms with Crippen molar-refractivity contribution in [2.24, 2.45) is 0 Å². The number of pyridine rings is 1. The number of carbonyl (C=O) groups is 1. The fourth-order valence-corrected chi connectivity index (χ4v) is 2.68. The Balaban J connectivity index is 1.47. The molecule has 3 rings (SSSR count). The van der Waals surface area contributed by atoms with E-state index in [1.54, 1.807) is 19.5 Å². The van der Waals surface area contributed by atoms with Crippen LogP contribution in [-0.2, 0) is 6.42 Å². The molecule has 0 aliphatic rings. The monoisotopic (exact) mass is 335 g/mol. The van der Waals surface area contributed by atoms with Crippen molar-refractivity contribution < 1.29 is 9.53 Å². The first-order valence-electron chi connectivity index (χ1n) is 8.27. The van der Waals surface area contributed by atoms with Crippen LogP contribution in [-0.4, -0.2) is 24.7 Å². The number of nitrogens with zero attached hydrogens (tertiary/aromatic N) is 1. The second-order valence-electron chi connectivity index (χ2n) is 5.73. The summed E-state index contributed by atoms with van der Waals surface area (Å²) < 4.78 is 5.14. The molecule has 0 bridgehead atoms. The van der Waals surface area contributed by atoms with Crippen LogP contribution in [0.15, 0.2) is 60.9 Å². The van der Waals surface area contributed by atoms with Crippen molar-refractivity contribution in [2.75, 3.05) is 19.0 Å². The molecule has 1 heterocycles. The summed E-state index contributed by atoms with van der Waals surface area (Å²) in [5, 5.41) is 7.78. The van der Waals surface area contributed by atoms with Crippen LogP contribution in [0.2, 0.25) is 0 Å². The van der Waals surface area contributed by atoms with Gasteiger partial charge in [0.15, 0.2) is 0 Å². The van der Waals surface area contributed by atoms with Crippen LogP contribution in [0.5, 0.6) is 5.75 Å². The molecule has 128 valence electrons. The van der Waals surface area contributed by atoms with Crippen molar-refractivity contribution in [3.05, 3.63) is 66.5 Å². The first-order valence-corrected chi connectivity index (χ1v) is 8.27. The van der Waals surface area contributed by atoms with Gasteiger partial charge >= 0.3 is 6.03 Å². The Morgan fingerprint density at radius 2 is 1.96 bits per heavy atom. The lowest BCUT2D eigenvalue weighted by Crippen LogP contribution is -2.29. The van der Waals surface area contributed by atoms with Crippen molar-refractivity contribution in [2.45, 2.75) is 12.8 Å². The van der Waals surface area contributed by atoms with Gasteiger partial charge in [-0.3, -0.25) is 4.98 Å². The molecule has 0 radical (unpaired) electrons. The fourth-order valence-electron chi connectivity index (χ4n) is 2.68. The molecule has 0 unspecified atom stereocenters. The number of anilines is 1. The van der Waals surface area contributed by atoms with Crippen LogP contribution in [0.1, 0.15) is 12.0 Å². The smallest absolute Gasteiger partial charge is 0.319 e. The molecule has 0 saturated heterocycles. The number of amides is 2. The average molecular weight is 335 g/mol. The van der Waals surface area contributed by atoms with Crippen molar-refractivity contribution in [3.8, 4) is 5.75 Å². The van der Waals surface area contributed by atoms with Crippen LogP contribution in [0.25, 0.3) is 10.8 Å². The molecule has 0 spiro atoms. The summed E-state index contributed by atoms with van der Waals surface area (Å²) in [5.74, 6) is 0.853. The third-order valence-corrected chi connectivity index (χ3v) is 4.02. The van der Waals surface area contributed by atoms with Gasteiger partial charge in [0.25, 0.3) is 0 Å². The lowest BCUT2D eigenvalue weighted by atomic mass is 10.1. The molecular formula is C20H21N3O2. The number of carbonyl (C=O) groups excluding carboxylic acids is 1. The predicted octanol–water partition coefficient (Wildman–Crippen LogP) is 4.00. The number of aromatic nitrogens is 1. The molecular weight excluding hydrogens is 314 g/mol. The van der Waals surface area contributed by atoms with Gasteiger partial charge in [-0.25, -0.2) is 4.79 Å². The first-order chi connectivity index (χ1) is 12.3. The minimum Gasteiger partial charge on any atom is -0.497 e. The number of hydrogen-bond acceptors (Lipinski definition) is 3. The summed E-state index contributed by atoms with van der Waals surface area (Å²) in [6, 6.07) is 15.5. The Bertz CT molecular complexity index is 842. The third-order valence-electron chi connectivity index (χ3n) is 4.02. The van der Waals surface area contributed by atoms with Crippen molar-refractivity contribution in [3.63, 3.8) is 0 Å². The van der Waals surface area contributed by atoms with Crippen LogP contribution < -0.4 is 15.4 Å². The summed E-state index contributed by atoms with van der Waals surface area (Å²) in [4.78, 5) is 16.2. The predicted molar refractivity (Wildman–Crippen MR) is 100 cm³/mol. The minimum absolute atomic E-state index is 0.195. The van der Waals surface area contributed by atoms with Crippen molar-refractivity contribution in [1.82, 2.24) is 10.3 Å². The quantitative estimate of drug-likeness (QED) is 0.669. The Labute approximate surface area is 147 Å². The van der Waals surface area contributed by atoms with E-state index < -0.39 is 0 Å². The fraction of sp³-hybridized carbons (Fsp3) is 0.200. The molecule has 0 fully saturated rings. The van der Waals surface area contributed by atoms with E-state index in [4.69, 9.17) is 4.74 Å². The maximum absolute atomic E-state index is 12.1.